The van der Waals surface area contributed by atoms with Crippen molar-refractivity contribution in [2.45, 2.75) is 32.1 Å². The molecule has 3 aliphatic rings. The highest BCUT2D eigenvalue weighted by Crippen LogP contribution is 2.46. The first-order valence-electron chi connectivity index (χ1n) is 10.2. The quantitative estimate of drug-likeness (QED) is 0.813. The summed E-state index contributed by atoms with van der Waals surface area (Å²) in [5.74, 6) is 1.73. The lowest BCUT2D eigenvalue weighted by atomic mass is 9.76. The molecular weight excluding hydrogens is 366 g/mol. The molecule has 2 aromatic rings. The lowest BCUT2D eigenvalue weighted by Gasteiger charge is -2.35. The molecule has 1 saturated heterocycles. The van der Waals surface area contributed by atoms with E-state index in [1.165, 1.54) is 5.56 Å². The molecule has 0 bridgehead atoms. The number of fused-ring (bicyclic) bond motifs is 1. The number of carbonyl (C=O) groups excluding carboxylic acids is 1. The van der Waals surface area contributed by atoms with Crippen molar-refractivity contribution in [1.29, 1.82) is 0 Å². The SMILES string of the molecule is Cc1ccc(C2C3=C(CCCC3=O)Nc3nc(N4CCOCC4)nc(N)c32)cc1. The minimum atomic E-state index is -0.228. The van der Waals surface area contributed by atoms with Crippen molar-refractivity contribution in [3.63, 3.8) is 0 Å². The lowest BCUT2D eigenvalue weighted by Crippen LogP contribution is -2.38. The predicted octanol–water partition coefficient (Wildman–Crippen LogP) is 2.77. The van der Waals surface area contributed by atoms with Crippen LogP contribution in [0.15, 0.2) is 35.5 Å². The van der Waals surface area contributed by atoms with Crippen LogP contribution in [0.3, 0.4) is 0 Å². The van der Waals surface area contributed by atoms with E-state index >= 15 is 0 Å². The number of hydrogen-bond acceptors (Lipinski definition) is 7. The highest BCUT2D eigenvalue weighted by molar-refractivity contribution is 6.01. The Hall–Kier alpha value is -2.93. The topological polar surface area (TPSA) is 93.4 Å². The number of Topliss-reactive ketones (excluding diaryl/α,β-unsaturated/α-hetero) is 1. The molecule has 1 atom stereocenters. The first kappa shape index (κ1) is 18.1. The van der Waals surface area contributed by atoms with E-state index in [2.05, 4.69) is 46.4 Å². The van der Waals surface area contributed by atoms with Crippen molar-refractivity contribution in [3.05, 3.63) is 52.2 Å². The van der Waals surface area contributed by atoms with Crippen LogP contribution in [0.2, 0.25) is 0 Å². The monoisotopic (exact) mass is 391 g/mol. The Morgan fingerprint density at radius 1 is 1.14 bits per heavy atom. The summed E-state index contributed by atoms with van der Waals surface area (Å²) in [5, 5.41) is 3.43. The van der Waals surface area contributed by atoms with Gasteiger partial charge in [0.2, 0.25) is 5.95 Å². The van der Waals surface area contributed by atoms with Gasteiger partial charge in [0.1, 0.15) is 11.6 Å². The Morgan fingerprint density at radius 2 is 1.90 bits per heavy atom. The molecular formula is C22H25N5O2. The van der Waals surface area contributed by atoms with Gasteiger partial charge in [0.15, 0.2) is 5.78 Å². The molecule has 7 heteroatoms. The van der Waals surface area contributed by atoms with Gasteiger partial charge < -0.3 is 20.7 Å². The molecule has 0 amide bonds. The van der Waals surface area contributed by atoms with Crippen LogP contribution in [0.25, 0.3) is 0 Å². The van der Waals surface area contributed by atoms with E-state index in [1.807, 2.05) is 0 Å². The number of ketones is 1. The Labute approximate surface area is 170 Å². The number of ether oxygens (including phenoxy) is 1. The maximum Gasteiger partial charge on any atom is 0.229 e. The number of nitrogens with two attached hydrogens (primary N) is 1. The zero-order chi connectivity index (χ0) is 20.0. The van der Waals surface area contributed by atoms with Crippen LogP contribution in [-0.4, -0.2) is 42.1 Å². The minimum absolute atomic E-state index is 0.187. The maximum atomic E-state index is 12.9. The van der Waals surface area contributed by atoms with Gasteiger partial charge in [-0.2, -0.15) is 9.97 Å². The number of aromatic nitrogens is 2. The van der Waals surface area contributed by atoms with Crippen LogP contribution < -0.4 is 16.0 Å². The van der Waals surface area contributed by atoms with Gasteiger partial charge in [0.25, 0.3) is 0 Å². The molecule has 1 aromatic carbocycles. The van der Waals surface area contributed by atoms with Crippen LogP contribution in [0.4, 0.5) is 17.6 Å². The van der Waals surface area contributed by atoms with Gasteiger partial charge >= 0.3 is 0 Å². The second-order valence-electron chi connectivity index (χ2n) is 7.91. The number of rotatable bonds is 2. The molecule has 3 N–H and O–H groups in total. The van der Waals surface area contributed by atoms with E-state index in [-0.39, 0.29) is 11.7 Å². The molecule has 1 fully saturated rings. The van der Waals surface area contributed by atoms with E-state index in [4.69, 9.17) is 15.5 Å². The molecule has 1 aliphatic carbocycles. The van der Waals surface area contributed by atoms with Crippen LogP contribution in [-0.2, 0) is 9.53 Å². The Balaban J connectivity index is 1.65. The fraction of sp³-hybridized carbons (Fsp3) is 0.409. The third-order valence-electron chi connectivity index (χ3n) is 5.97. The van der Waals surface area contributed by atoms with Crippen LogP contribution in [0, 0.1) is 6.92 Å². The summed E-state index contributed by atoms with van der Waals surface area (Å²) in [7, 11) is 0. The number of anilines is 3. The first-order chi connectivity index (χ1) is 14.1. The minimum Gasteiger partial charge on any atom is -0.383 e. The molecule has 7 nitrogen and oxygen atoms in total. The van der Waals surface area contributed by atoms with E-state index in [1.54, 1.807) is 0 Å². The summed E-state index contributed by atoms with van der Waals surface area (Å²) in [6.07, 6.45) is 2.28. The molecule has 1 aromatic heterocycles. The average molecular weight is 391 g/mol. The Morgan fingerprint density at radius 3 is 2.66 bits per heavy atom. The maximum absolute atomic E-state index is 12.9. The zero-order valence-corrected chi connectivity index (χ0v) is 16.6. The van der Waals surface area contributed by atoms with Gasteiger partial charge in [-0.15, -0.1) is 0 Å². The fourth-order valence-corrected chi connectivity index (χ4v) is 4.47. The van der Waals surface area contributed by atoms with Crippen molar-refractivity contribution in [2.75, 3.05) is 42.3 Å². The van der Waals surface area contributed by atoms with Gasteiger partial charge in [-0.05, 0) is 25.3 Å². The second kappa shape index (κ2) is 7.15. The van der Waals surface area contributed by atoms with Gasteiger partial charge in [0.05, 0.1) is 13.2 Å². The van der Waals surface area contributed by atoms with Crippen LogP contribution in [0.5, 0.6) is 0 Å². The normalized spacial score (nSPS) is 21.5. The number of carbonyl (C=O) groups is 1. The standard InChI is InChI=1S/C22H25N5O2/c1-13-5-7-14(8-6-13)17-18-15(3-2-4-16(18)28)24-21-19(17)20(23)25-22(26-21)27-9-11-29-12-10-27/h5-8,17H,2-4,9-12H2,1H3,(H3,23,24,25,26). The number of nitrogens with zero attached hydrogens (tertiary/aromatic N) is 3. The van der Waals surface area contributed by atoms with E-state index in [0.29, 0.717) is 31.4 Å². The molecule has 2 aliphatic heterocycles. The third-order valence-corrected chi connectivity index (χ3v) is 5.97. The smallest absolute Gasteiger partial charge is 0.229 e. The van der Waals surface area contributed by atoms with Crippen molar-refractivity contribution in [1.82, 2.24) is 9.97 Å². The number of aryl methyl sites for hydroxylation is 1. The van der Waals surface area contributed by atoms with Crippen molar-refractivity contribution >= 4 is 23.4 Å². The molecule has 150 valence electrons. The summed E-state index contributed by atoms with van der Waals surface area (Å²) in [6, 6.07) is 8.31. The number of allylic oxidation sites excluding steroid dienone is 2. The van der Waals surface area contributed by atoms with Crippen molar-refractivity contribution in [3.8, 4) is 0 Å². The second-order valence-corrected chi connectivity index (χ2v) is 7.91. The van der Waals surface area contributed by atoms with Gasteiger partial charge in [0, 0.05) is 42.3 Å². The Bertz CT molecular complexity index is 993. The third kappa shape index (κ3) is 3.15. The van der Waals surface area contributed by atoms with Gasteiger partial charge in [-0.1, -0.05) is 29.8 Å². The Kier molecular flexibility index (Phi) is 4.47. The highest BCUT2D eigenvalue weighted by atomic mass is 16.5. The van der Waals surface area contributed by atoms with Gasteiger partial charge in [-0.3, -0.25) is 4.79 Å². The van der Waals surface area contributed by atoms with E-state index in [9.17, 15) is 4.79 Å². The number of benzene rings is 1. The van der Waals surface area contributed by atoms with E-state index in [0.717, 1.165) is 54.1 Å². The molecule has 0 saturated carbocycles. The molecule has 29 heavy (non-hydrogen) atoms. The first-order valence-corrected chi connectivity index (χ1v) is 10.2. The largest absolute Gasteiger partial charge is 0.383 e. The van der Waals surface area contributed by atoms with Crippen molar-refractivity contribution < 1.29 is 9.53 Å². The van der Waals surface area contributed by atoms with E-state index < -0.39 is 0 Å². The summed E-state index contributed by atoms with van der Waals surface area (Å²) in [5.41, 5.74) is 11.3. The average Bonchev–Trinajstić information content (AvgIpc) is 2.74. The van der Waals surface area contributed by atoms with Crippen LogP contribution >= 0.6 is 0 Å². The molecule has 3 heterocycles. The van der Waals surface area contributed by atoms with Gasteiger partial charge in [-0.25, -0.2) is 0 Å². The molecule has 0 spiro atoms. The van der Waals surface area contributed by atoms with Crippen LogP contribution in [0.1, 0.15) is 41.9 Å². The molecule has 0 radical (unpaired) electrons. The fourth-order valence-electron chi connectivity index (χ4n) is 4.47. The van der Waals surface area contributed by atoms with Crippen molar-refractivity contribution in [2.24, 2.45) is 0 Å². The number of nitrogen functional groups attached to an aromatic ring is 1. The zero-order valence-electron chi connectivity index (χ0n) is 16.6. The predicted molar refractivity (Wildman–Crippen MR) is 112 cm³/mol. The lowest BCUT2D eigenvalue weighted by molar-refractivity contribution is -0.116. The summed E-state index contributed by atoms with van der Waals surface area (Å²) in [6.45, 7) is 4.86. The summed E-state index contributed by atoms with van der Waals surface area (Å²) < 4.78 is 5.44. The molecule has 5 rings (SSSR count). The number of hydrogen-bond donors (Lipinski definition) is 2. The molecule has 1 unspecified atom stereocenters. The summed E-state index contributed by atoms with van der Waals surface area (Å²) in [4.78, 5) is 24.5. The number of nitrogens with one attached hydrogen (secondary N) is 1. The summed E-state index contributed by atoms with van der Waals surface area (Å²) >= 11 is 0. The highest BCUT2D eigenvalue weighted by Gasteiger charge is 2.38. The number of morpholine rings is 1.